The van der Waals surface area contributed by atoms with Crippen molar-refractivity contribution < 1.29 is 19.1 Å². The van der Waals surface area contributed by atoms with Crippen LogP contribution in [0, 0.1) is 0 Å². The Kier molecular flexibility index (Phi) is 6.33. The zero-order valence-electron chi connectivity index (χ0n) is 12.5. The van der Waals surface area contributed by atoms with Crippen LogP contribution in [0.25, 0.3) is 0 Å². The minimum absolute atomic E-state index is 0.178. The van der Waals surface area contributed by atoms with E-state index >= 15 is 0 Å². The second-order valence-electron chi connectivity index (χ2n) is 4.15. The molecule has 0 N–H and O–H groups in total. The number of nitrogens with zero attached hydrogens (tertiary/aromatic N) is 1. The number of benzene rings is 1. The summed E-state index contributed by atoms with van der Waals surface area (Å²) in [5, 5.41) is 0. The number of ether oxygens (including phenoxy) is 1. The third kappa shape index (κ3) is 4.02. The van der Waals surface area contributed by atoms with E-state index in [2.05, 4.69) is 4.74 Å². The van der Waals surface area contributed by atoms with Crippen LogP contribution in [0.3, 0.4) is 0 Å². The fourth-order valence-electron chi connectivity index (χ4n) is 1.85. The molecule has 5 heteroatoms. The van der Waals surface area contributed by atoms with Gasteiger partial charge in [-0.1, -0.05) is 18.2 Å². The van der Waals surface area contributed by atoms with Gasteiger partial charge in [-0.05, 0) is 32.9 Å². The lowest BCUT2D eigenvalue weighted by Gasteiger charge is -2.08. The summed E-state index contributed by atoms with van der Waals surface area (Å²) in [6, 6.07) is 6.91. The van der Waals surface area contributed by atoms with Gasteiger partial charge in [-0.3, -0.25) is 14.5 Å². The van der Waals surface area contributed by atoms with E-state index in [1.54, 1.807) is 51.1 Å². The molecule has 1 heterocycles. The van der Waals surface area contributed by atoms with Crippen LogP contribution in [0.1, 0.15) is 41.5 Å². The highest BCUT2D eigenvalue weighted by atomic mass is 16.5. The molecule has 21 heavy (non-hydrogen) atoms. The maximum absolute atomic E-state index is 11.5. The molecule has 0 aromatic heterocycles. The SMILES string of the molecule is CC=CC(=O)OCC.CCN1C(=O)c2ccccc2C1=O. The van der Waals surface area contributed by atoms with Gasteiger partial charge in [0.1, 0.15) is 0 Å². The van der Waals surface area contributed by atoms with Crippen LogP contribution >= 0.6 is 0 Å². The maximum atomic E-state index is 11.5. The van der Waals surface area contributed by atoms with Crippen molar-refractivity contribution in [2.24, 2.45) is 0 Å². The largest absolute Gasteiger partial charge is 0.463 e. The van der Waals surface area contributed by atoms with E-state index in [0.717, 1.165) is 0 Å². The molecule has 1 aliphatic heterocycles. The van der Waals surface area contributed by atoms with Gasteiger partial charge in [0.2, 0.25) is 0 Å². The zero-order valence-corrected chi connectivity index (χ0v) is 12.5. The lowest BCUT2D eigenvalue weighted by atomic mass is 10.1. The maximum Gasteiger partial charge on any atom is 0.330 e. The Morgan fingerprint density at radius 1 is 1.14 bits per heavy atom. The van der Waals surface area contributed by atoms with Crippen LogP contribution < -0.4 is 0 Å². The van der Waals surface area contributed by atoms with Crippen LogP contribution in [0.4, 0.5) is 0 Å². The van der Waals surface area contributed by atoms with Gasteiger partial charge < -0.3 is 4.74 Å². The summed E-state index contributed by atoms with van der Waals surface area (Å²) in [7, 11) is 0. The number of allylic oxidation sites excluding steroid dienone is 1. The molecular formula is C16H19NO4. The third-order valence-corrected chi connectivity index (χ3v) is 2.78. The van der Waals surface area contributed by atoms with Crippen molar-refractivity contribution >= 4 is 17.8 Å². The molecule has 0 radical (unpaired) electrons. The lowest BCUT2D eigenvalue weighted by Crippen LogP contribution is -2.29. The molecule has 0 fully saturated rings. The summed E-state index contributed by atoms with van der Waals surface area (Å²) in [5.74, 6) is -0.624. The number of esters is 1. The van der Waals surface area contributed by atoms with Gasteiger partial charge >= 0.3 is 5.97 Å². The first kappa shape index (κ1) is 16.6. The molecule has 2 amide bonds. The van der Waals surface area contributed by atoms with Gasteiger partial charge in [0.15, 0.2) is 0 Å². The second kappa shape index (κ2) is 7.99. The number of hydrogen-bond donors (Lipinski definition) is 0. The van der Waals surface area contributed by atoms with Gasteiger partial charge in [-0.15, -0.1) is 0 Å². The molecule has 2 rings (SSSR count). The molecule has 0 spiro atoms. The van der Waals surface area contributed by atoms with Crippen molar-refractivity contribution in [1.29, 1.82) is 0 Å². The second-order valence-corrected chi connectivity index (χ2v) is 4.15. The number of carbonyl (C=O) groups excluding carboxylic acids is 3. The topological polar surface area (TPSA) is 63.7 Å². The highest BCUT2D eigenvalue weighted by Gasteiger charge is 2.33. The Bertz CT molecular complexity index is 528. The van der Waals surface area contributed by atoms with Gasteiger partial charge in [-0.2, -0.15) is 0 Å². The molecule has 5 nitrogen and oxygen atoms in total. The van der Waals surface area contributed by atoms with Crippen LogP contribution in [0.5, 0.6) is 0 Å². The number of rotatable bonds is 3. The number of carbonyl (C=O) groups is 3. The van der Waals surface area contributed by atoms with Gasteiger partial charge in [0.05, 0.1) is 17.7 Å². The molecule has 0 bridgehead atoms. The normalized spacial score (nSPS) is 13.0. The Morgan fingerprint density at radius 3 is 2.05 bits per heavy atom. The molecule has 0 saturated heterocycles. The number of imide groups is 1. The van der Waals surface area contributed by atoms with E-state index in [9.17, 15) is 14.4 Å². The number of fused-ring (bicyclic) bond motifs is 1. The van der Waals surface area contributed by atoms with E-state index in [-0.39, 0.29) is 17.8 Å². The molecule has 112 valence electrons. The Hall–Kier alpha value is -2.43. The Labute approximate surface area is 124 Å². The van der Waals surface area contributed by atoms with Crippen LogP contribution in [-0.2, 0) is 9.53 Å². The number of amides is 2. The predicted octanol–water partition coefficient (Wildman–Crippen LogP) is 2.43. The minimum Gasteiger partial charge on any atom is -0.463 e. The molecule has 0 atom stereocenters. The highest BCUT2D eigenvalue weighted by molar-refractivity contribution is 6.21. The van der Waals surface area contributed by atoms with Crippen molar-refractivity contribution in [3.05, 3.63) is 47.5 Å². The van der Waals surface area contributed by atoms with Crippen LogP contribution in [0.2, 0.25) is 0 Å². The van der Waals surface area contributed by atoms with Crippen LogP contribution in [-0.4, -0.2) is 35.8 Å². The first-order valence-corrected chi connectivity index (χ1v) is 6.81. The average Bonchev–Trinajstić information content (AvgIpc) is 2.72. The highest BCUT2D eigenvalue weighted by Crippen LogP contribution is 2.21. The summed E-state index contributed by atoms with van der Waals surface area (Å²) in [6.45, 7) is 6.23. The lowest BCUT2D eigenvalue weighted by molar-refractivity contribution is -0.137. The first-order chi connectivity index (χ1) is 10.1. The van der Waals surface area contributed by atoms with Crippen molar-refractivity contribution in [3.63, 3.8) is 0 Å². The van der Waals surface area contributed by atoms with Crippen molar-refractivity contribution in [1.82, 2.24) is 4.90 Å². The van der Waals surface area contributed by atoms with E-state index in [1.165, 1.54) is 11.0 Å². The summed E-state index contributed by atoms with van der Waals surface area (Å²) < 4.78 is 4.56. The molecule has 0 saturated carbocycles. The van der Waals surface area contributed by atoms with E-state index in [0.29, 0.717) is 24.3 Å². The monoisotopic (exact) mass is 289 g/mol. The molecule has 1 aromatic carbocycles. The fourth-order valence-corrected chi connectivity index (χ4v) is 1.85. The first-order valence-electron chi connectivity index (χ1n) is 6.81. The van der Waals surface area contributed by atoms with Crippen molar-refractivity contribution in [2.45, 2.75) is 20.8 Å². The van der Waals surface area contributed by atoms with Gasteiger partial charge in [0.25, 0.3) is 11.8 Å². The molecular weight excluding hydrogens is 270 g/mol. The summed E-state index contributed by atoms with van der Waals surface area (Å²) in [5.41, 5.74) is 1.05. The van der Waals surface area contributed by atoms with E-state index in [4.69, 9.17) is 0 Å². The fraction of sp³-hybridized carbons (Fsp3) is 0.312. The van der Waals surface area contributed by atoms with Gasteiger partial charge in [-0.25, -0.2) is 4.79 Å². The summed E-state index contributed by atoms with van der Waals surface area (Å²) >= 11 is 0. The smallest absolute Gasteiger partial charge is 0.330 e. The molecule has 0 aliphatic carbocycles. The minimum atomic E-state index is -0.269. The standard InChI is InChI=1S/C10H9NO2.C6H10O2/c1-2-11-9(12)7-5-3-4-6-8(7)10(11)13;1-3-5-6(7)8-4-2/h3-6H,2H2,1H3;3,5H,4H2,1-2H3. The average molecular weight is 289 g/mol. The van der Waals surface area contributed by atoms with E-state index < -0.39 is 0 Å². The molecule has 1 aliphatic rings. The summed E-state index contributed by atoms with van der Waals surface area (Å²) in [6.07, 6.45) is 3.04. The number of hydrogen-bond acceptors (Lipinski definition) is 4. The summed E-state index contributed by atoms with van der Waals surface area (Å²) in [4.78, 5) is 34.7. The third-order valence-electron chi connectivity index (χ3n) is 2.78. The Balaban J connectivity index is 0.000000240. The Morgan fingerprint density at radius 2 is 1.67 bits per heavy atom. The van der Waals surface area contributed by atoms with E-state index in [1.807, 2.05) is 0 Å². The quantitative estimate of drug-likeness (QED) is 0.487. The van der Waals surface area contributed by atoms with Crippen LogP contribution in [0.15, 0.2) is 36.4 Å². The molecule has 1 aromatic rings. The zero-order chi connectivity index (χ0) is 15.8. The predicted molar refractivity (Wildman–Crippen MR) is 78.9 cm³/mol. The molecule has 0 unspecified atom stereocenters. The van der Waals surface area contributed by atoms with Crippen molar-refractivity contribution in [2.75, 3.05) is 13.2 Å². The van der Waals surface area contributed by atoms with Gasteiger partial charge in [0, 0.05) is 12.6 Å². The van der Waals surface area contributed by atoms with Crippen molar-refractivity contribution in [3.8, 4) is 0 Å².